The number of nitrogens with zero attached hydrogens (tertiary/aromatic N) is 1. The minimum absolute atomic E-state index is 0.371. The largest absolute Gasteiger partial charge is 0.383 e. The van der Waals surface area contributed by atoms with Gasteiger partial charge in [-0.25, -0.2) is 0 Å². The molecule has 0 radical (unpaired) electrons. The number of hydrogen-bond acceptors (Lipinski definition) is 3. The molecule has 0 heterocycles. The van der Waals surface area contributed by atoms with Crippen LogP contribution in [0.5, 0.6) is 0 Å². The van der Waals surface area contributed by atoms with Crippen LogP contribution in [-0.2, 0) is 4.74 Å². The molecular weight excluding hydrogens is 212 g/mol. The average Bonchev–Trinajstić information content (AvgIpc) is 2.25. The average molecular weight is 242 g/mol. The molecule has 0 aliphatic carbocycles. The van der Waals surface area contributed by atoms with Gasteiger partial charge in [-0.15, -0.1) is 6.58 Å². The molecule has 0 unspecified atom stereocenters. The van der Waals surface area contributed by atoms with Gasteiger partial charge < -0.3 is 10.5 Å². The molecule has 0 aromatic rings. The van der Waals surface area contributed by atoms with Crippen molar-refractivity contribution in [2.24, 2.45) is 11.1 Å². The van der Waals surface area contributed by atoms with Crippen molar-refractivity contribution in [2.45, 2.75) is 33.1 Å². The van der Waals surface area contributed by atoms with Crippen LogP contribution in [0.3, 0.4) is 0 Å². The van der Waals surface area contributed by atoms with Crippen molar-refractivity contribution in [1.82, 2.24) is 4.90 Å². The molecule has 0 atom stereocenters. The van der Waals surface area contributed by atoms with Crippen LogP contribution >= 0.6 is 0 Å². The maximum atomic E-state index is 5.62. The number of hydrogen-bond donors (Lipinski definition) is 1. The molecule has 0 spiro atoms. The van der Waals surface area contributed by atoms with E-state index in [1.165, 1.54) is 12.8 Å². The Hall–Kier alpha value is -0.380. The first kappa shape index (κ1) is 16.6. The summed E-state index contributed by atoms with van der Waals surface area (Å²) in [5.74, 6) is 0. The van der Waals surface area contributed by atoms with Crippen LogP contribution in [0, 0.1) is 5.41 Å². The topological polar surface area (TPSA) is 38.5 Å². The summed E-state index contributed by atoms with van der Waals surface area (Å²) in [4.78, 5) is 2.38. The number of ether oxygens (including phenoxy) is 1. The zero-order valence-electron chi connectivity index (χ0n) is 11.9. The van der Waals surface area contributed by atoms with E-state index >= 15 is 0 Å². The van der Waals surface area contributed by atoms with Gasteiger partial charge in [-0.3, -0.25) is 4.90 Å². The second-order valence-electron chi connectivity index (χ2n) is 5.39. The molecule has 0 aromatic carbocycles. The van der Waals surface area contributed by atoms with E-state index in [0.717, 1.165) is 39.2 Å². The minimum Gasteiger partial charge on any atom is -0.383 e. The van der Waals surface area contributed by atoms with E-state index in [-0.39, 0.29) is 0 Å². The SMILES string of the molecule is C=CCN(CCCC(C)(C)CCN)CCOC. The van der Waals surface area contributed by atoms with E-state index in [9.17, 15) is 0 Å². The summed E-state index contributed by atoms with van der Waals surface area (Å²) in [5.41, 5.74) is 5.99. The second-order valence-corrected chi connectivity index (χ2v) is 5.39. The Bertz CT molecular complexity index is 193. The highest BCUT2D eigenvalue weighted by molar-refractivity contribution is 4.75. The van der Waals surface area contributed by atoms with Gasteiger partial charge in [0, 0.05) is 20.2 Å². The van der Waals surface area contributed by atoms with Crippen LogP contribution in [-0.4, -0.2) is 44.8 Å². The summed E-state index contributed by atoms with van der Waals surface area (Å²) in [7, 11) is 1.75. The van der Waals surface area contributed by atoms with Gasteiger partial charge in [-0.1, -0.05) is 19.9 Å². The minimum atomic E-state index is 0.371. The smallest absolute Gasteiger partial charge is 0.0589 e. The van der Waals surface area contributed by atoms with Crippen LogP contribution in [0.4, 0.5) is 0 Å². The summed E-state index contributed by atoms with van der Waals surface area (Å²) in [6.07, 6.45) is 5.50. The lowest BCUT2D eigenvalue weighted by Gasteiger charge is -2.26. The summed E-state index contributed by atoms with van der Waals surface area (Å²) in [6, 6.07) is 0. The Morgan fingerprint density at radius 1 is 1.29 bits per heavy atom. The van der Waals surface area contributed by atoms with E-state index in [1.54, 1.807) is 7.11 Å². The summed E-state index contributed by atoms with van der Waals surface area (Å²) >= 11 is 0. The highest BCUT2D eigenvalue weighted by Gasteiger charge is 2.16. The van der Waals surface area contributed by atoms with Gasteiger partial charge in [0.25, 0.3) is 0 Å². The molecule has 0 amide bonds. The second kappa shape index (κ2) is 9.63. The van der Waals surface area contributed by atoms with Crippen LogP contribution < -0.4 is 5.73 Å². The Labute approximate surface area is 107 Å². The van der Waals surface area contributed by atoms with Crippen molar-refractivity contribution in [3.63, 3.8) is 0 Å². The van der Waals surface area contributed by atoms with Crippen LogP contribution in [0.15, 0.2) is 12.7 Å². The fourth-order valence-corrected chi connectivity index (χ4v) is 1.99. The monoisotopic (exact) mass is 242 g/mol. The number of methoxy groups -OCH3 is 1. The van der Waals surface area contributed by atoms with E-state index in [0.29, 0.717) is 5.41 Å². The van der Waals surface area contributed by atoms with Gasteiger partial charge in [0.05, 0.1) is 6.61 Å². The Kier molecular flexibility index (Phi) is 9.41. The highest BCUT2D eigenvalue weighted by Crippen LogP contribution is 2.25. The highest BCUT2D eigenvalue weighted by atomic mass is 16.5. The first-order chi connectivity index (χ1) is 8.05. The standard InChI is InChI=1S/C14H30N2O/c1-5-10-16(12-13-17-4)11-6-7-14(2,3)8-9-15/h5H,1,6-13,15H2,2-4H3. The zero-order chi connectivity index (χ0) is 13.1. The molecule has 0 saturated carbocycles. The molecule has 17 heavy (non-hydrogen) atoms. The summed E-state index contributed by atoms with van der Waals surface area (Å²) in [6.45, 7) is 13.0. The molecular formula is C14H30N2O. The zero-order valence-corrected chi connectivity index (χ0v) is 11.9. The predicted molar refractivity (Wildman–Crippen MR) is 75.2 cm³/mol. The van der Waals surface area contributed by atoms with Crippen LogP contribution in [0.2, 0.25) is 0 Å². The summed E-state index contributed by atoms with van der Waals surface area (Å²) < 4.78 is 5.11. The lowest BCUT2D eigenvalue weighted by atomic mass is 9.84. The molecule has 0 aliphatic heterocycles. The Balaban J connectivity index is 3.83. The fourth-order valence-electron chi connectivity index (χ4n) is 1.99. The van der Waals surface area contributed by atoms with E-state index in [2.05, 4.69) is 25.3 Å². The van der Waals surface area contributed by atoms with Gasteiger partial charge in [-0.05, 0) is 37.8 Å². The van der Waals surface area contributed by atoms with Gasteiger partial charge in [0.1, 0.15) is 0 Å². The first-order valence-electron chi connectivity index (χ1n) is 6.58. The number of nitrogens with two attached hydrogens (primary N) is 1. The van der Waals surface area contributed by atoms with Crippen molar-refractivity contribution in [2.75, 3.05) is 39.9 Å². The van der Waals surface area contributed by atoms with Crippen molar-refractivity contribution >= 4 is 0 Å². The Morgan fingerprint density at radius 2 is 2.00 bits per heavy atom. The van der Waals surface area contributed by atoms with E-state index < -0.39 is 0 Å². The molecule has 2 N–H and O–H groups in total. The van der Waals surface area contributed by atoms with Crippen molar-refractivity contribution in [1.29, 1.82) is 0 Å². The molecule has 102 valence electrons. The summed E-state index contributed by atoms with van der Waals surface area (Å²) in [5, 5.41) is 0. The van der Waals surface area contributed by atoms with E-state index in [4.69, 9.17) is 10.5 Å². The molecule has 3 nitrogen and oxygen atoms in total. The first-order valence-corrected chi connectivity index (χ1v) is 6.58. The fraction of sp³-hybridized carbons (Fsp3) is 0.857. The van der Waals surface area contributed by atoms with Crippen molar-refractivity contribution in [3.8, 4) is 0 Å². The van der Waals surface area contributed by atoms with Crippen LogP contribution in [0.1, 0.15) is 33.1 Å². The third-order valence-electron chi connectivity index (χ3n) is 3.15. The number of rotatable bonds is 11. The van der Waals surface area contributed by atoms with E-state index in [1.807, 2.05) is 6.08 Å². The van der Waals surface area contributed by atoms with Gasteiger partial charge in [0.15, 0.2) is 0 Å². The quantitative estimate of drug-likeness (QED) is 0.565. The molecule has 0 bridgehead atoms. The van der Waals surface area contributed by atoms with Gasteiger partial charge in [0.2, 0.25) is 0 Å². The maximum absolute atomic E-state index is 5.62. The molecule has 0 saturated heterocycles. The predicted octanol–water partition coefficient (Wildman–Crippen LogP) is 2.28. The molecule has 3 heteroatoms. The third kappa shape index (κ3) is 9.33. The normalized spacial score (nSPS) is 12.1. The Morgan fingerprint density at radius 3 is 2.53 bits per heavy atom. The molecule has 0 aliphatic rings. The van der Waals surface area contributed by atoms with Crippen molar-refractivity contribution in [3.05, 3.63) is 12.7 Å². The van der Waals surface area contributed by atoms with Gasteiger partial charge in [-0.2, -0.15) is 0 Å². The maximum Gasteiger partial charge on any atom is 0.0589 e. The van der Waals surface area contributed by atoms with Crippen LogP contribution in [0.25, 0.3) is 0 Å². The third-order valence-corrected chi connectivity index (χ3v) is 3.15. The molecule has 0 aromatic heterocycles. The van der Waals surface area contributed by atoms with Crippen molar-refractivity contribution < 1.29 is 4.74 Å². The van der Waals surface area contributed by atoms with Gasteiger partial charge >= 0.3 is 0 Å². The lowest BCUT2D eigenvalue weighted by Crippen LogP contribution is -2.29. The molecule has 0 rings (SSSR count). The lowest BCUT2D eigenvalue weighted by molar-refractivity contribution is 0.150. The molecule has 0 fully saturated rings.